The number of ether oxygens (including phenoxy) is 2. The van der Waals surface area contributed by atoms with Gasteiger partial charge in [0.15, 0.2) is 0 Å². The van der Waals surface area contributed by atoms with E-state index >= 15 is 0 Å². The Hall–Kier alpha value is -2.38. The van der Waals surface area contributed by atoms with Crippen LogP contribution in [0, 0.1) is 5.92 Å². The number of carbonyl (C=O) groups is 2. The molecule has 1 aliphatic carbocycles. The summed E-state index contributed by atoms with van der Waals surface area (Å²) in [5.74, 6) is 1.19. The van der Waals surface area contributed by atoms with Gasteiger partial charge in [-0.25, -0.2) is 0 Å². The SMILES string of the molecule is COc1cc(C(=O)N2CC(OC)CC2c2cccc(C(=O)N(C)CC3CC3)c2)ccc1Br. The maximum atomic E-state index is 13.5. The molecule has 1 heterocycles. The van der Waals surface area contributed by atoms with E-state index in [0.29, 0.717) is 35.8 Å². The Morgan fingerprint density at radius 2 is 1.91 bits per heavy atom. The average Bonchev–Trinajstić information content (AvgIpc) is 3.52. The van der Waals surface area contributed by atoms with E-state index in [-0.39, 0.29) is 24.0 Å². The molecule has 32 heavy (non-hydrogen) atoms. The van der Waals surface area contributed by atoms with Gasteiger partial charge in [-0.1, -0.05) is 12.1 Å². The summed E-state index contributed by atoms with van der Waals surface area (Å²) in [5.41, 5.74) is 2.17. The molecule has 0 spiro atoms. The van der Waals surface area contributed by atoms with Gasteiger partial charge in [-0.15, -0.1) is 0 Å². The second-order valence-corrected chi connectivity index (χ2v) is 9.52. The van der Waals surface area contributed by atoms with Gasteiger partial charge in [-0.2, -0.15) is 0 Å². The van der Waals surface area contributed by atoms with Crippen molar-refractivity contribution >= 4 is 27.7 Å². The number of carbonyl (C=O) groups excluding carboxylic acids is 2. The van der Waals surface area contributed by atoms with E-state index in [1.165, 1.54) is 12.8 Å². The zero-order valence-electron chi connectivity index (χ0n) is 18.7. The third kappa shape index (κ3) is 4.84. The van der Waals surface area contributed by atoms with Crippen LogP contribution in [-0.4, -0.2) is 62.1 Å². The van der Waals surface area contributed by atoms with Crippen molar-refractivity contribution in [2.45, 2.75) is 31.4 Å². The van der Waals surface area contributed by atoms with E-state index in [4.69, 9.17) is 9.47 Å². The van der Waals surface area contributed by atoms with Gasteiger partial charge in [0.1, 0.15) is 5.75 Å². The van der Waals surface area contributed by atoms with Crippen molar-refractivity contribution in [3.8, 4) is 5.75 Å². The monoisotopic (exact) mass is 500 g/mol. The van der Waals surface area contributed by atoms with Crippen molar-refractivity contribution < 1.29 is 19.1 Å². The Morgan fingerprint density at radius 1 is 1.12 bits per heavy atom. The summed E-state index contributed by atoms with van der Waals surface area (Å²) in [7, 11) is 5.11. The lowest BCUT2D eigenvalue weighted by molar-refractivity contribution is 0.0687. The maximum Gasteiger partial charge on any atom is 0.254 e. The first-order valence-electron chi connectivity index (χ1n) is 10.9. The molecule has 2 aromatic carbocycles. The molecule has 1 saturated heterocycles. The Bertz CT molecular complexity index is 1010. The summed E-state index contributed by atoms with van der Waals surface area (Å²) in [4.78, 5) is 30.0. The second kappa shape index (κ2) is 9.63. The van der Waals surface area contributed by atoms with Gasteiger partial charge >= 0.3 is 0 Å². The number of hydrogen-bond acceptors (Lipinski definition) is 4. The normalized spacial score (nSPS) is 20.3. The minimum absolute atomic E-state index is 0.0237. The molecule has 1 aliphatic heterocycles. The molecule has 0 radical (unpaired) electrons. The van der Waals surface area contributed by atoms with Crippen molar-refractivity contribution in [2.75, 3.05) is 34.4 Å². The topological polar surface area (TPSA) is 59.1 Å². The summed E-state index contributed by atoms with van der Waals surface area (Å²) < 4.78 is 11.8. The minimum atomic E-state index is -0.163. The molecule has 7 heteroatoms. The zero-order chi connectivity index (χ0) is 22.8. The summed E-state index contributed by atoms with van der Waals surface area (Å²) in [6, 6.07) is 12.9. The van der Waals surface area contributed by atoms with Gasteiger partial charge in [0.05, 0.1) is 23.7 Å². The summed E-state index contributed by atoms with van der Waals surface area (Å²) in [6.07, 6.45) is 3.04. The second-order valence-electron chi connectivity index (χ2n) is 8.67. The van der Waals surface area contributed by atoms with Crippen molar-refractivity contribution in [3.05, 3.63) is 63.6 Å². The van der Waals surface area contributed by atoms with Crippen LogP contribution in [0.1, 0.15) is 51.6 Å². The minimum Gasteiger partial charge on any atom is -0.496 e. The number of benzene rings is 2. The zero-order valence-corrected chi connectivity index (χ0v) is 20.3. The van der Waals surface area contributed by atoms with E-state index in [9.17, 15) is 9.59 Å². The average molecular weight is 501 g/mol. The first-order valence-corrected chi connectivity index (χ1v) is 11.7. The molecule has 170 valence electrons. The van der Waals surface area contributed by atoms with Gasteiger partial charge in [-0.05, 0) is 77.0 Å². The van der Waals surface area contributed by atoms with E-state index < -0.39 is 0 Å². The highest BCUT2D eigenvalue weighted by Gasteiger charge is 2.37. The number of halogens is 1. The highest BCUT2D eigenvalue weighted by molar-refractivity contribution is 9.10. The van der Waals surface area contributed by atoms with Crippen molar-refractivity contribution in [2.24, 2.45) is 5.92 Å². The van der Waals surface area contributed by atoms with Gasteiger partial charge < -0.3 is 19.3 Å². The van der Waals surface area contributed by atoms with E-state index in [1.54, 1.807) is 31.3 Å². The van der Waals surface area contributed by atoms with Crippen molar-refractivity contribution in [1.29, 1.82) is 0 Å². The molecule has 0 aromatic heterocycles. The predicted molar refractivity (Wildman–Crippen MR) is 126 cm³/mol. The number of rotatable bonds is 7. The molecule has 2 fully saturated rings. The lowest BCUT2D eigenvalue weighted by Crippen LogP contribution is -2.32. The highest BCUT2D eigenvalue weighted by atomic mass is 79.9. The van der Waals surface area contributed by atoms with Crippen molar-refractivity contribution in [3.63, 3.8) is 0 Å². The first-order chi connectivity index (χ1) is 15.4. The van der Waals surface area contributed by atoms with Gasteiger partial charge in [0.2, 0.25) is 0 Å². The third-order valence-electron chi connectivity index (χ3n) is 6.35. The Kier molecular flexibility index (Phi) is 6.86. The Labute approximate surface area is 197 Å². The van der Waals surface area contributed by atoms with Gasteiger partial charge in [0.25, 0.3) is 11.8 Å². The van der Waals surface area contributed by atoms with Crippen LogP contribution in [0.5, 0.6) is 5.75 Å². The Balaban J connectivity index is 1.59. The standard InChI is InChI=1S/C25H29BrN2O4/c1-27(14-16-7-8-16)24(29)18-6-4-5-17(11-18)22-13-20(31-2)15-28(22)25(30)19-9-10-21(26)23(12-19)32-3/h4-6,9-12,16,20,22H,7-8,13-15H2,1-3H3. The molecule has 2 atom stereocenters. The largest absolute Gasteiger partial charge is 0.496 e. The van der Waals surface area contributed by atoms with Gasteiger partial charge in [0, 0.05) is 38.4 Å². The van der Waals surface area contributed by atoms with Crippen LogP contribution in [-0.2, 0) is 4.74 Å². The number of hydrogen-bond donors (Lipinski definition) is 0. The molecule has 2 aliphatic rings. The van der Waals surface area contributed by atoms with Crippen LogP contribution in [0.3, 0.4) is 0 Å². The summed E-state index contributed by atoms with van der Waals surface area (Å²) >= 11 is 3.44. The van der Waals surface area contributed by atoms with Crippen molar-refractivity contribution in [1.82, 2.24) is 9.80 Å². The maximum absolute atomic E-state index is 13.5. The molecule has 2 aromatic rings. The molecule has 2 unspecified atom stereocenters. The van der Waals surface area contributed by atoms with Crippen LogP contribution in [0.2, 0.25) is 0 Å². The number of nitrogens with zero attached hydrogens (tertiary/aromatic N) is 2. The first kappa shape index (κ1) is 22.8. The molecule has 0 N–H and O–H groups in total. The van der Waals surface area contributed by atoms with E-state index in [0.717, 1.165) is 16.6 Å². The third-order valence-corrected chi connectivity index (χ3v) is 7.00. The van der Waals surface area contributed by atoms with Crippen LogP contribution >= 0.6 is 15.9 Å². The number of methoxy groups -OCH3 is 2. The van der Waals surface area contributed by atoms with Crippen LogP contribution in [0.4, 0.5) is 0 Å². The van der Waals surface area contributed by atoms with Gasteiger partial charge in [-0.3, -0.25) is 9.59 Å². The predicted octanol–water partition coefficient (Wildman–Crippen LogP) is 4.54. The fourth-order valence-electron chi connectivity index (χ4n) is 4.34. The molecule has 6 nitrogen and oxygen atoms in total. The summed E-state index contributed by atoms with van der Waals surface area (Å²) in [6.45, 7) is 1.30. The molecular formula is C25H29BrN2O4. The lowest BCUT2D eigenvalue weighted by atomic mass is 10.00. The quantitative estimate of drug-likeness (QED) is 0.559. The lowest BCUT2D eigenvalue weighted by Gasteiger charge is -2.26. The van der Waals surface area contributed by atoms with E-state index in [1.807, 2.05) is 42.3 Å². The fourth-order valence-corrected chi connectivity index (χ4v) is 4.75. The van der Waals surface area contributed by atoms with Crippen LogP contribution in [0.15, 0.2) is 46.9 Å². The van der Waals surface area contributed by atoms with Crippen LogP contribution in [0.25, 0.3) is 0 Å². The molecule has 4 rings (SSSR count). The molecule has 2 amide bonds. The number of likely N-dealkylation sites (tertiary alicyclic amines) is 1. The smallest absolute Gasteiger partial charge is 0.254 e. The van der Waals surface area contributed by atoms with Crippen LogP contribution < -0.4 is 4.74 Å². The highest BCUT2D eigenvalue weighted by Crippen LogP contribution is 2.36. The molecular weight excluding hydrogens is 472 g/mol. The molecule has 0 bridgehead atoms. The number of amides is 2. The van der Waals surface area contributed by atoms with E-state index in [2.05, 4.69) is 15.9 Å². The summed E-state index contributed by atoms with van der Waals surface area (Å²) in [5, 5.41) is 0. The molecule has 1 saturated carbocycles. The Morgan fingerprint density at radius 3 is 2.59 bits per heavy atom. The fraction of sp³-hybridized carbons (Fsp3) is 0.440.